The molecule has 0 saturated carbocycles. The molecule has 0 aliphatic rings. The van der Waals surface area contributed by atoms with Gasteiger partial charge in [0.15, 0.2) is 0 Å². The van der Waals surface area contributed by atoms with Crippen LogP contribution in [0.2, 0.25) is 0 Å². The zero-order valence-corrected chi connectivity index (χ0v) is 45.7. The molecule has 0 aromatic rings. The van der Waals surface area contributed by atoms with E-state index >= 15 is 0 Å². The molecule has 3 unspecified atom stereocenters. The van der Waals surface area contributed by atoms with Gasteiger partial charge in [-0.25, -0.2) is 0 Å². The van der Waals surface area contributed by atoms with Gasteiger partial charge in [-0.15, -0.1) is 0 Å². The van der Waals surface area contributed by atoms with E-state index in [4.69, 9.17) is 0 Å². The van der Waals surface area contributed by atoms with Crippen LogP contribution >= 0.6 is 0 Å². The van der Waals surface area contributed by atoms with Gasteiger partial charge >= 0.3 is 0 Å². The van der Waals surface area contributed by atoms with Gasteiger partial charge in [-0.1, -0.05) is 294 Å². The van der Waals surface area contributed by atoms with Crippen LogP contribution in [-0.2, 0) is 4.79 Å². The molecule has 0 rings (SSSR count). The van der Waals surface area contributed by atoms with E-state index in [0.29, 0.717) is 6.42 Å². The fourth-order valence-electron chi connectivity index (χ4n) is 9.43. The van der Waals surface area contributed by atoms with Gasteiger partial charge in [-0.2, -0.15) is 0 Å². The van der Waals surface area contributed by atoms with E-state index in [2.05, 4.69) is 55.6 Å². The number of unbranched alkanes of at least 4 members (excludes halogenated alkanes) is 41. The predicted molar refractivity (Wildman–Crippen MR) is 301 cm³/mol. The highest BCUT2D eigenvalue weighted by Crippen LogP contribution is 2.17. The average Bonchev–Trinajstić information content (AvgIpc) is 3.33. The summed E-state index contributed by atoms with van der Waals surface area (Å²) in [5.41, 5.74) is 0. The Hall–Kier alpha value is -1.69. The van der Waals surface area contributed by atoms with Crippen molar-refractivity contribution in [2.75, 3.05) is 6.61 Å². The first kappa shape index (κ1) is 66.3. The zero-order valence-electron chi connectivity index (χ0n) is 45.7. The maximum atomic E-state index is 12.5. The van der Waals surface area contributed by atoms with Crippen LogP contribution in [0.1, 0.15) is 322 Å². The molecule has 400 valence electrons. The molecule has 0 saturated heterocycles. The minimum absolute atomic E-state index is 0.00295. The minimum Gasteiger partial charge on any atom is -0.394 e. The van der Waals surface area contributed by atoms with E-state index in [1.54, 1.807) is 6.08 Å². The molecule has 0 radical (unpaired) electrons. The largest absolute Gasteiger partial charge is 0.394 e. The minimum atomic E-state index is -0.962. The topological polar surface area (TPSA) is 89.8 Å². The number of nitrogens with one attached hydrogen (secondary N) is 1. The van der Waals surface area contributed by atoms with Crippen LogP contribution in [0.5, 0.6) is 0 Å². The summed E-state index contributed by atoms with van der Waals surface area (Å²) in [6.07, 6.45) is 77.5. The van der Waals surface area contributed by atoms with Gasteiger partial charge in [0.05, 0.1) is 31.3 Å². The monoisotopic (exact) mass is 954 g/mol. The third kappa shape index (κ3) is 53.7. The highest BCUT2D eigenvalue weighted by atomic mass is 16.3. The highest BCUT2D eigenvalue weighted by Gasteiger charge is 2.20. The number of allylic oxidation sites excluding steroid dienone is 7. The lowest BCUT2D eigenvalue weighted by molar-refractivity contribution is -0.124. The molecule has 1 amide bonds. The highest BCUT2D eigenvalue weighted by molar-refractivity contribution is 5.76. The number of carbonyl (C=O) groups excluding carboxylic acids is 1. The molecule has 0 bridgehead atoms. The van der Waals surface area contributed by atoms with Crippen molar-refractivity contribution in [1.29, 1.82) is 0 Å². The van der Waals surface area contributed by atoms with Gasteiger partial charge in [-0.3, -0.25) is 4.79 Å². The molecule has 0 aromatic carbocycles. The summed E-state index contributed by atoms with van der Waals surface area (Å²) in [6, 6.07) is -0.770. The molecular weight excluding hydrogens is 835 g/mol. The first-order chi connectivity index (χ1) is 33.5. The zero-order chi connectivity index (χ0) is 49.3. The van der Waals surface area contributed by atoms with Crippen LogP contribution in [0.4, 0.5) is 0 Å². The molecule has 5 nitrogen and oxygen atoms in total. The van der Waals surface area contributed by atoms with Crippen molar-refractivity contribution in [3.8, 4) is 0 Å². The van der Waals surface area contributed by atoms with Crippen LogP contribution in [-0.4, -0.2) is 46.1 Å². The lowest BCUT2D eigenvalue weighted by atomic mass is 10.0. The van der Waals surface area contributed by atoms with Crippen molar-refractivity contribution in [1.82, 2.24) is 5.32 Å². The third-order valence-electron chi connectivity index (χ3n) is 14.1. The fraction of sp³-hybridized carbons (Fsp3) is 0.857. The Morgan fingerprint density at radius 1 is 0.368 bits per heavy atom. The molecule has 0 spiro atoms. The van der Waals surface area contributed by atoms with Crippen molar-refractivity contribution < 1.29 is 20.1 Å². The normalized spacial score (nSPS) is 13.5. The van der Waals surface area contributed by atoms with Gasteiger partial charge in [0.25, 0.3) is 0 Å². The van der Waals surface area contributed by atoms with Gasteiger partial charge in [-0.05, 0) is 70.6 Å². The second kappa shape index (κ2) is 57.9. The summed E-state index contributed by atoms with van der Waals surface area (Å²) >= 11 is 0. The van der Waals surface area contributed by atoms with E-state index in [-0.39, 0.29) is 18.9 Å². The van der Waals surface area contributed by atoms with Crippen molar-refractivity contribution >= 4 is 5.91 Å². The number of carbonyl (C=O) groups is 1. The van der Waals surface area contributed by atoms with E-state index in [1.807, 2.05) is 6.08 Å². The van der Waals surface area contributed by atoms with Crippen LogP contribution in [0, 0.1) is 0 Å². The SMILES string of the molecule is CCCCCCCCCCCCCC/C=C\CCCCCCCCCCCCCCCC(O)CC(=O)NC(CO)C(O)/C=C/CC/C=C/CC/C=C/CCCCCCCCCCCCCCCC. The Morgan fingerprint density at radius 3 is 0.941 bits per heavy atom. The number of aliphatic hydroxyl groups is 3. The van der Waals surface area contributed by atoms with Gasteiger partial charge in [0, 0.05) is 0 Å². The van der Waals surface area contributed by atoms with Crippen molar-refractivity contribution in [3.63, 3.8) is 0 Å². The summed E-state index contributed by atoms with van der Waals surface area (Å²) in [5.74, 6) is -0.326. The van der Waals surface area contributed by atoms with Crippen LogP contribution in [0.15, 0.2) is 48.6 Å². The molecule has 0 aliphatic heterocycles. The predicted octanol–water partition coefficient (Wildman–Crippen LogP) is 19.2. The van der Waals surface area contributed by atoms with Gasteiger partial charge < -0.3 is 20.6 Å². The maximum absolute atomic E-state index is 12.5. The molecule has 4 N–H and O–H groups in total. The number of aliphatic hydroxyl groups excluding tert-OH is 3. The summed E-state index contributed by atoms with van der Waals surface area (Å²) < 4.78 is 0. The Morgan fingerprint density at radius 2 is 0.632 bits per heavy atom. The third-order valence-corrected chi connectivity index (χ3v) is 14.1. The molecule has 0 fully saturated rings. The van der Waals surface area contributed by atoms with Crippen LogP contribution in [0.25, 0.3) is 0 Å². The quantitative estimate of drug-likeness (QED) is 0.0361. The first-order valence-electron chi connectivity index (χ1n) is 30.4. The smallest absolute Gasteiger partial charge is 0.222 e. The molecule has 68 heavy (non-hydrogen) atoms. The molecule has 0 aliphatic carbocycles. The lowest BCUT2D eigenvalue weighted by Crippen LogP contribution is -2.45. The summed E-state index contributed by atoms with van der Waals surface area (Å²) in [6.45, 7) is 4.23. The molecule has 0 aromatic heterocycles. The standard InChI is InChI=1S/C63H119NO4/c1-3-5-7-9-11-13-15-17-19-21-23-25-27-29-30-31-32-33-34-36-38-40-42-44-46-48-50-52-54-56-60(66)58-63(68)64-61(59-65)62(67)57-55-53-51-49-47-45-43-41-39-37-35-28-26-24-22-20-18-16-14-12-10-8-6-4-2/h29-30,39,41,47,49,55,57,60-62,65-67H,3-28,31-38,40,42-46,48,50-54,56,58-59H2,1-2H3,(H,64,68)/b30-29-,41-39+,49-47+,57-55+. The fourth-order valence-corrected chi connectivity index (χ4v) is 9.43. The number of hydrogen-bond donors (Lipinski definition) is 4. The molecular formula is C63H119NO4. The lowest BCUT2D eigenvalue weighted by Gasteiger charge is -2.21. The van der Waals surface area contributed by atoms with Crippen LogP contribution in [0.3, 0.4) is 0 Å². The molecule has 5 heteroatoms. The Bertz CT molecular complexity index is 1100. The first-order valence-corrected chi connectivity index (χ1v) is 30.4. The second-order valence-corrected chi connectivity index (χ2v) is 20.9. The number of amides is 1. The van der Waals surface area contributed by atoms with E-state index in [0.717, 1.165) is 38.5 Å². The van der Waals surface area contributed by atoms with Crippen molar-refractivity contribution in [3.05, 3.63) is 48.6 Å². The summed E-state index contributed by atoms with van der Waals surface area (Å²) in [4.78, 5) is 12.5. The molecule has 3 atom stereocenters. The van der Waals surface area contributed by atoms with Crippen LogP contribution < -0.4 is 5.32 Å². The molecule has 0 heterocycles. The van der Waals surface area contributed by atoms with E-state index in [9.17, 15) is 20.1 Å². The van der Waals surface area contributed by atoms with Crippen molar-refractivity contribution in [2.45, 2.75) is 340 Å². The maximum Gasteiger partial charge on any atom is 0.222 e. The van der Waals surface area contributed by atoms with E-state index < -0.39 is 18.2 Å². The second-order valence-electron chi connectivity index (χ2n) is 20.9. The Balaban J connectivity index is 3.59. The average molecular weight is 955 g/mol. The van der Waals surface area contributed by atoms with Gasteiger partial charge in [0.1, 0.15) is 0 Å². The summed E-state index contributed by atoms with van der Waals surface area (Å²) in [7, 11) is 0. The Kier molecular flexibility index (Phi) is 56.4. The van der Waals surface area contributed by atoms with E-state index in [1.165, 1.54) is 257 Å². The number of rotatable bonds is 56. The number of hydrogen-bond acceptors (Lipinski definition) is 4. The van der Waals surface area contributed by atoms with Crippen molar-refractivity contribution in [2.24, 2.45) is 0 Å². The van der Waals surface area contributed by atoms with Gasteiger partial charge in [0.2, 0.25) is 5.91 Å². The summed E-state index contributed by atoms with van der Waals surface area (Å²) in [5, 5.41) is 33.5. The Labute approximate surface area is 425 Å².